The molecule has 0 aromatic carbocycles. The van der Waals surface area contributed by atoms with Gasteiger partial charge in [0.25, 0.3) is 0 Å². The monoisotopic (exact) mass is 402 g/mol. The number of alkyl halides is 1. The smallest absolute Gasteiger partial charge is 0.169 e. The van der Waals surface area contributed by atoms with Gasteiger partial charge in [0.15, 0.2) is 24.8 Å². The zero-order valence-corrected chi connectivity index (χ0v) is 16.3. The number of hydrogen-bond donors (Lipinski definition) is 1. The summed E-state index contributed by atoms with van der Waals surface area (Å²) in [4.78, 5) is 1.90. The van der Waals surface area contributed by atoms with Crippen LogP contribution in [0.5, 0.6) is 0 Å². The van der Waals surface area contributed by atoms with Crippen molar-refractivity contribution < 1.29 is 16.8 Å². The van der Waals surface area contributed by atoms with Gasteiger partial charge in [-0.3, -0.25) is 0 Å². The number of unbranched alkanes of at least 4 members (excludes halogenated alkanes) is 1. The van der Waals surface area contributed by atoms with Crippen LogP contribution in [-0.4, -0.2) is 73.9 Å². The molecule has 2 rings (SSSR count). The summed E-state index contributed by atoms with van der Waals surface area (Å²) >= 11 is 11.5. The zero-order valence-electron chi connectivity index (χ0n) is 13.1. The number of nitrogens with zero attached hydrogens (tertiary/aromatic N) is 1. The van der Waals surface area contributed by atoms with Crippen LogP contribution in [0.3, 0.4) is 0 Å². The van der Waals surface area contributed by atoms with Gasteiger partial charge in [-0.15, -0.1) is 11.6 Å². The van der Waals surface area contributed by atoms with E-state index in [4.69, 9.17) is 23.8 Å². The van der Waals surface area contributed by atoms with Crippen molar-refractivity contribution in [3.63, 3.8) is 0 Å². The minimum absolute atomic E-state index is 0.0358. The topological polar surface area (TPSA) is 83.6 Å². The molecule has 0 saturated carbocycles. The summed E-state index contributed by atoms with van der Waals surface area (Å²) in [6.45, 7) is 2.72. The van der Waals surface area contributed by atoms with Crippen LogP contribution < -0.4 is 5.32 Å². The average Bonchev–Trinajstić information content (AvgIpc) is 2.89. The summed E-state index contributed by atoms with van der Waals surface area (Å²) in [5, 5.41) is 2.94. The third-order valence-corrected chi connectivity index (χ3v) is 8.73. The van der Waals surface area contributed by atoms with Crippen LogP contribution in [-0.2, 0) is 19.7 Å². The van der Waals surface area contributed by atoms with Crippen LogP contribution in [0.15, 0.2) is 0 Å². The maximum atomic E-state index is 11.7. The van der Waals surface area contributed by atoms with E-state index in [1.165, 1.54) is 0 Å². The average molecular weight is 403 g/mol. The van der Waals surface area contributed by atoms with Crippen molar-refractivity contribution in [2.75, 3.05) is 29.6 Å². The summed E-state index contributed by atoms with van der Waals surface area (Å²) in [6, 6.07) is -0.561. The molecule has 1 N–H and O–H groups in total. The largest absolute Gasteiger partial charge is 0.357 e. The van der Waals surface area contributed by atoms with Crippen LogP contribution in [0.4, 0.5) is 0 Å². The van der Waals surface area contributed by atoms with E-state index in [0.29, 0.717) is 18.1 Å². The van der Waals surface area contributed by atoms with Gasteiger partial charge in [0, 0.05) is 12.6 Å². The standard InChI is InChI=1S/C13H23ClN2O4S3/c1-2-3-5-16(10-4-6-22(17,18)7-10)13(21)15-12-9-23(19,20)8-11(12)14/h10-12H,2-9H2,1H3,(H,15,21). The molecule has 134 valence electrons. The van der Waals surface area contributed by atoms with Gasteiger partial charge in [0.1, 0.15) is 0 Å². The molecule has 23 heavy (non-hydrogen) atoms. The molecule has 3 atom stereocenters. The van der Waals surface area contributed by atoms with Gasteiger partial charge >= 0.3 is 0 Å². The van der Waals surface area contributed by atoms with E-state index < -0.39 is 31.1 Å². The van der Waals surface area contributed by atoms with E-state index >= 15 is 0 Å². The predicted molar refractivity (Wildman–Crippen MR) is 96.5 cm³/mol. The Morgan fingerprint density at radius 1 is 1.22 bits per heavy atom. The Kier molecular flexibility index (Phi) is 6.19. The van der Waals surface area contributed by atoms with Gasteiger partial charge in [-0.2, -0.15) is 0 Å². The Hall–Kier alpha value is -0.120. The number of halogens is 1. The predicted octanol–water partition coefficient (Wildman–Crippen LogP) is 0.554. The summed E-state index contributed by atoms with van der Waals surface area (Å²) in [6.07, 6.45) is 2.42. The third kappa shape index (κ3) is 5.17. The van der Waals surface area contributed by atoms with Crippen molar-refractivity contribution in [1.29, 1.82) is 0 Å². The summed E-state index contributed by atoms with van der Waals surface area (Å²) < 4.78 is 46.8. The Bertz CT molecular complexity index is 650. The first-order valence-electron chi connectivity index (χ1n) is 7.75. The van der Waals surface area contributed by atoms with E-state index in [-0.39, 0.29) is 29.1 Å². The van der Waals surface area contributed by atoms with E-state index in [2.05, 4.69) is 12.2 Å². The number of rotatable bonds is 5. The van der Waals surface area contributed by atoms with Gasteiger partial charge in [0.05, 0.1) is 34.4 Å². The lowest BCUT2D eigenvalue weighted by atomic mass is 10.2. The second kappa shape index (κ2) is 7.41. The molecule has 0 aliphatic carbocycles. The first kappa shape index (κ1) is 19.2. The molecule has 6 nitrogen and oxygen atoms in total. The fourth-order valence-electron chi connectivity index (χ4n) is 2.98. The molecule has 0 amide bonds. The third-order valence-electron chi connectivity index (χ3n) is 4.25. The number of hydrogen-bond acceptors (Lipinski definition) is 5. The Balaban J connectivity index is 2.05. The van der Waals surface area contributed by atoms with Gasteiger partial charge in [-0.1, -0.05) is 13.3 Å². The van der Waals surface area contributed by atoms with E-state index in [0.717, 1.165) is 12.8 Å². The van der Waals surface area contributed by atoms with Crippen molar-refractivity contribution in [2.45, 2.75) is 43.6 Å². The van der Waals surface area contributed by atoms with Crippen LogP contribution in [0.1, 0.15) is 26.2 Å². The molecular formula is C13H23ClN2O4S3. The maximum Gasteiger partial charge on any atom is 0.169 e. The summed E-state index contributed by atoms with van der Waals surface area (Å²) in [5.41, 5.74) is 0. The van der Waals surface area contributed by atoms with Crippen molar-refractivity contribution in [3.05, 3.63) is 0 Å². The molecule has 0 bridgehead atoms. The summed E-state index contributed by atoms with van der Waals surface area (Å²) in [5.74, 6) is 0.193. The molecule has 2 heterocycles. The lowest BCUT2D eigenvalue weighted by Crippen LogP contribution is -2.52. The molecule has 0 aromatic rings. The molecule has 0 aromatic heterocycles. The highest BCUT2D eigenvalue weighted by atomic mass is 35.5. The van der Waals surface area contributed by atoms with Gasteiger partial charge in [-0.25, -0.2) is 16.8 Å². The highest BCUT2D eigenvalue weighted by Crippen LogP contribution is 2.21. The normalized spacial score (nSPS) is 31.8. The van der Waals surface area contributed by atoms with Crippen molar-refractivity contribution in [2.24, 2.45) is 0 Å². The minimum Gasteiger partial charge on any atom is -0.357 e. The molecule has 2 saturated heterocycles. The highest BCUT2D eigenvalue weighted by Gasteiger charge is 2.39. The molecule has 0 radical (unpaired) electrons. The Morgan fingerprint density at radius 2 is 1.91 bits per heavy atom. The van der Waals surface area contributed by atoms with Crippen LogP contribution >= 0.6 is 23.8 Å². The lowest BCUT2D eigenvalue weighted by Gasteiger charge is -2.32. The van der Waals surface area contributed by atoms with E-state index in [1.807, 2.05) is 4.90 Å². The SMILES string of the molecule is CCCCN(C(=S)NC1CS(=O)(=O)CC1Cl)C1CCS(=O)(=O)C1. The van der Waals surface area contributed by atoms with Gasteiger partial charge in [-0.05, 0) is 25.1 Å². The minimum atomic E-state index is -3.14. The molecule has 2 fully saturated rings. The highest BCUT2D eigenvalue weighted by molar-refractivity contribution is 7.92. The zero-order chi connectivity index (χ0) is 17.3. The fourth-order valence-corrected chi connectivity index (χ4v) is 7.65. The second-order valence-electron chi connectivity index (χ2n) is 6.25. The van der Waals surface area contributed by atoms with Crippen molar-refractivity contribution in [1.82, 2.24) is 10.2 Å². The Labute approximate surface area is 148 Å². The van der Waals surface area contributed by atoms with Crippen molar-refractivity contribution in [3.8, 4) is 0 Å². The molecule has 10 heteroatoms. The first-order valence-corrected chi connectivity index (χ1v) is 12.2. The number of sulfone groups is 2. The molecule has 2 aliphatic rings. The maximum absolute atomic E-state index is 11.7. The molecule has 2 aliphatic heterocycles. The van der Waals surface area contributed by atoms with E-state index in [9.17, 15) is 16.8 Å². The number of nitrogens with one attached hydrogen (secondary N) is 1. The second-order valence-corrected chi connectivity index (χ2v) is 11.6. The van der Waals surface area contributed by atoms with Gasteiger partial charge in [0.2, 0.25) is 0 Å². The first-order chi connectivity index (χ1) is 10.6. The summed E-state index contributed by atoms with van der Waals surface area (Å²) in [7, 11) is -6.15. The van der Waals surface area contributed by atoms with Crippen LogP contribution in [0.2, 0.25) is 0 Å². The van der Waals surface area contributed by atoms with Crippen molar-refractivity contribution >= 4 is 48.6 Å². The van der Waals surface area contributed by atoms with Crippen LogP contribution in [0.25, 0.3) is 0 Å². The number of thiocarbonyl (C=S) groups is 1. The molecular weight excluding hydrogens is 380 g/mol. The quantitative estimate of drug-likeness (QED) is 0.531. The fraction of sp³-hybridized carbons (Fsp3) is 0.923. The van der Waals surface area contributed by atoms with Crippen LogP contribution in [0, 0.1) is 0 Å². The van der Waals surface area contributed by atoms with Gasteiger partial charge < -0.3 is 10.2 Å². The molecule has 3 unspecified atom stereocenters. The van der Waals surface area contributed by atoms with E-state index in [1.54, 1.807) is 0 Å². The molecule has 0 spiro atoms. The Morgan fingerprint density at radius 3 is 2.39 bits per heavy atom. The lowest BCUT2D eigenvalue weighted by molar-refractivity contribution is 0.321.